The van der Waals surface area contributed by atoms with Gasteiger partial charge in [0.1, 0.15) is 5.60 Å². The van der Waals surface area contributed by atoms with Crippen LogP contribution < -0.4 is 10.6 Å². The molecule has 5 aliphatic rings. The Balaban J connectivity index is 1.06. The van der Waals surface area contributed by atoms with E-state index in [1.54, 1.807) is 12.4 Å². The molecule has 1 aliphatic heterocycles. The molecule has 7 rings (SSSR count). The van der Waals surface area contributed by atoms with E-state index in [0.29, 0.717) is 38.0 Å². The third kappa shape index (κ3) is 3.78. The molecule has 0 radical (unpaired) electrons. The highest BCUT2D eigenvalue weighted by molar-refractivity contribution is 5.79. The molecular formula is C26H30N4O3. The molecule has 0 saturated heterocycles. The summed E-state index contributed by atoms with van der Waals surface area (Å²) in [6.45, 7) is 2.17. The number of ether oxygens (including phenoxy) is 1. The Hall–Kier alpha value is -2.93. The van der Waals surface area contributed by atoms with E-state index in [0.717, 1.165) is 37.7 Å². The summed E-state index contributed by atoms with van der Waals surface area (Å²) in [7, 11) is 0. The Kier molecular flexibility index (Phi) is 4.91. The van der Waals surface area contributed by atoms with Crippen molar-refractivity contribution in [3.05, 3.63) is 65.5 Å². The Morgan fingerprint density at radius 2 is 1.82 bits per heavy atom. The maximum Gasteiger partial charge on any atom is 0.407 e. The first kappa shape index (κ1) is 20.7. The Morgan fingerprint density at radius 3 is 2.58 bits per heavy atom. The van der Waals surface area contributed by atoms with Gasteiger partial charge in [-0.2, -0.15) is 0 Å². The second-order valence-electron chi connectivity index (χ2n) is 10.4. The average molecular weight is 447 g/mol. The van der Waals surface area contributed by atoms with Crippen molar-refractivity contribution in [2.75, 3.05) is 6.54 Å². The lowest BCUT2D eigenvalue weighted by Crippen LogP contribution is -2.53. The number of benzene rings is 1. The van der Waals surface area contributed by atoms with Gasteiger partial charge >= 0.3 is 6.09 Å². The molecule has 2 N–H and O–H groups in total. The monoisotopic (exact) mass is 446 g/mol. The second kappa shape index (κ2) is 7.83. The van der Waals surface area contributed by atoms with Crippen LogP contribution >= 0.6 is 0 Å². The number of fused-ring (bicyclic) bond motifs is 1. The standard InChI is InChI=1S/C26H30N4O3/c31-23(30-15-20-3-1-2-4-21(20)16-30)14-29-25-10-19-9-22(12-25)26(11-19,17-25)33-24(32)28-13-18-5-7-27-8-6-18/h1-8,19,22,29H,9-17H2,(H,28,32). The van der Waals surface area contributed by atoms with Gasteiger partial charge in [-0.1, -0.05) is 24.3 Å². The van der Waals surface area contributed by atoms with Crippen LogP contribution in [-0.4, -0.2) is 39.6 Å². The maximum atomic E-state index is 13.0. The van der Waals surface area contributed by atoms with Crippen LogP contribution in [0.5, 0.6) is 0 Å². The van der Waals surface area contributed by atoms with E-state index in [2.05, 4.69) is 27.8 Å². The number of pyridine rings is 1. The maximum absolute atomic E-state index is 13.0. The van der Waals surface area contributed by atoms with E-state index in [9.17, 15) is 9.59 Å². The summed E-state index contributed by atoms with van der Waals surface area (Å²) < 4.78 is 6.12. The van der Waals surface area contributed by atoms with Crippen molar-refractivity contribution in [2.45, 2.75) is 62.9 Å². The zero-order valence-electron chi connectivity index (χ0n) is 18.8. The first-order valence-corrected chi connectivity index (χ1v) is 12.0. The molecule has 4 bridgehead atoms. The minimum Gasteiger partial charge on any atom is -0.443 e. The highest BCUT2D eigenvalue weighted by Gasteiger charge is 2.66. The van der Waals surface area contributed by atoms with E-state index in [1.165, 1.54) is 11.1 Å². The molecule has 2 aromatic rings. The third-order valence-corrected chi connectivity index (χ3v) is 8.24. The van der Waals surface area contributed by atoms with Crippen LogP contribution in [0.25, 0.3) is 0 Å². The molecule has 4 fully saturated rings. The van der Waals surface area contributed by atoms with E-state index >= 15 is 0 Å². The summed E-state index contributed by atoms with van der Waals surface area (Å²) in [5.41, 5.74) is 2.99. The lowest BCUT2D eigenvalue weighted by molar-refractivity contribution is -0.131. The summed E-state index contributed by atoms with van der Waals surface area (Å²) in [5.74, 6) is 1.08. The van der Waals surface area contributed by atoms with Gasteiger partial charge in [-0.25, -0.2) is 4.79 Å². The van der Waals surface area contributed by atoms with Crippen LogP contribution in [0.15, 0.2) is 48.8 Å². The fourth-order valence-electron chi connectivity index (χ4n) is 6.97. The second-order valence-corrected chi connectivity index (χ2v) is 10.4. The number of hydrogen-bond donors (Lipinski definition) is 2. The van der Waals surface area contributed by atoms with Crippen LogP contribution in [0.2, 0.25) is 0 Å². The number of aromatic nitrogens is 1. The van der Waals surface area contributed by atoms with Gasteiger partial charge in [0, 0.05) is 49.9 Å². The molecule has 4 unspecified atom stereocenters. The van der Waals surface area contributed by atoms with Gasteiger partial charge in [0.15, 0.2) is 0 Å². The van der Waals surface area contributed by atoms with Crippen LogP contribution in [0.3, 0.4) is 0 Å². The van der Waals surface area contributed by atoms with E-state index in [-0.39, 0.29) is 17.5 Å². The predicted molar refractivity (Wildman–Crippen MR) is 122 cm³/mol. The molecular weight excluding hydrogens is 416 g/mol. The van der Waals surface area contributed by atoms with Crippen LogP contribution in [0.4, 0.5) is 4.79 Å². The Labute approximate surface area is 193 Å². The van der Waals surface area contributed by atoms with Crippen LogP contribution in [0.1, 0.15) is 48.8 Å². The quantitative estimate of drug-likeness (QED) is 0.712. The smallest absolute Gasteiger partial charge is 0.407 e. The summed E-state index contributed by atoms with van der Waals surface area (Å²) >= 11 is 0. The average Bonchev–Trinajstić information content (AvgIpc) is 3.42. The van der Waals surface area contributed by atoms with Crippen molar-refractivity contribution in [1.29, 1.82) is 0 Å². The molecule has 172 valence electrons. The van der Waals surface area contributed by atoms with Gasteiger partial charge in [0.2, 0.25) is 5.91 Å². The van der Waals surface area contributed by atoms with Crippen molar-refractivity contribution in [3.63, 3.8) is 0 Å². The van der Waals surface area contributed by atoms with E-state index in [4.69, 9.17) is 4.74 Å². The molecule has 4 aliphatic carbocycles. The van der Waals surface area contributed by atoms with Crippen molar-refractivity contribution >= 4 is 12.0 Å². The lowest BCUT2D eigenvalue weighted by atomic mass is 9.75. The number of amides is 2. The summed E-state index contributed by atoms with van der Waals surface area (Å²) in [4.78, 5) is 31.6. The number of nitrogens with one attached hydrogen (secondary N) is 2. The molecule has 4 saturated carbocycles. The van der Waals surface area contributed by atoms with E-state index in [1.807, 2.05) is 29.2 Å². The highest BCUT2D eigenvalue weighted by atomic mass is 16.6. The fraction of sp³-hybridized carbons (Fsp3) is 0.500. The number of carbonyl (C=O) groups excluding carboxylic acids is 2. The van der Waals surface area contributed by atoms with Gasteiger partial charge in [-0.15, -0.1) is 0 Å². The summed E-state index contributed by atoms with van der Waals surface area (Å²) in [6.07, 6.45) is 8.01. The molecule has 4 atom stereocenters. The normalized spacial score (nSPS) is 31.0. The number of rotatable bonds is 6. The third-order valence-electron chi connectivity index (χ3n) is 8.24. The van der Waals surface area contributed by atoms with Gasteiger partial charge < -0.3 is 20.3 Å². The molecule has 7 heteroatoms. The van der Waals surface area contributed by atoms with Gasteiger partial charge in [-0.3, -0.25) is 9.78 Å². The molecule has 2 heterocycles. The van der Waals surface area contributed by atoms with Gasteiger partial charge in [0.25, 0.3) is 0 Å². The van der Waals surface area contributed by atoms with Crippen LogP contribution in [0, 0.1) is 11.8 Å². The highest BCUT2D eigenvalue weighted by Crippen LogP contribution is 2.63. The van der Waals surface area contributed by atoms with Gasteiger partial charge in [0.05, 0.1) is 6.54 Å². The van der Waals surface area contributed by atoms with Gasteiger partial charge in [-0.05, 0) is 60.4 Å². The number of nitrogens with zero attached hydrogens (tertiary/aromatic N) is 2. The number of alkyl carbamates (subject to hydrolysis) is 1. The Morgan fingerprint density at radius 1 is 1.06 bits per heavy atom. The minimum atomic E-state index is -0.398. The molecule has 2 amide bonds. The zero-order chi connectivity index (χ0) is 22.5. The molecule has 0 spiro atoms. The lowest BCUT2D eigenvalue weighted by Gasteiger charge is -2.41. The molecule has 1 aromatic carbocycles. The molecule has 7 nitrogen and oxygen atoms in total. The Bertz CT molecular complexity index is 1050. The number of hydrogen-bond acceptors (Lipinski definition) is 5. The minimum absolute atomic E-state index is 0.0978. The molecule has 1 aromatic heterocycles. The summed E-state index contributed by atoms with van der Waals surface area (Å²) in [5, 5.41) is 6.54. The van der Waals surface area contributed by atoms with Crippen LogP contribution in [-0.2, 0) is 29.2 Å². The fourth-order valence-corrected chi connectivity index (χ4v) is 6.97. The predicted octanol–water partition coefficient (Wildman–Crippen LogP) is 3.14. The van der Waals surface area contributed by atoms with E-state index < -0.39 is 5.60 Å². The first-order chi connectivity index (χ1) is 16.0. The van der Waals surface area contributed by atoms with Crippen molar-refractivity contribution < 1.29 is 14.3 Å². The SMILES string of the molecule is O=C(NCc1ccncc1)OC12CC3CC1CC(NCC(=O)N1Cc4ccccc4C1)(C3)C2. The van der Waals surface area contributed by atoms with Crippen molar-refractivity contribution in [3.8, 4) is 0 Å². The van der Waals surface area contributed by atoms with Crippen molar-refractivity contribution in [1.82, 2.24) is 20.5 Å². The topological polar surface area (TPSA) is 83.6 Å². The molecule has 33 heavy (non-hydrogen) atoms. The first-order valence-electron chi connectivity index (χ1n) is 12.0. The number of carbonyl (C=O) groups is 2. The summed E-state index contributed by atoms with van der Waals surface area (Å²) in [6, 6.07) is 12.0. The zero-order valence-corrected chi connectivity index (χ0v) is 18.8. The largest absolute Gasteiger partial charge is 0.443 e. The van der Waals surface area contributed by atoms with Crippen molar-refractivity contribution in [2.24, 2.45) is 11.8 Å².